The molecule has 1 N–H and O–H groups in total. The molecule has 0 bridgehead atoms. The number of hydrogen-bond donors (Lipinski definition) is 1. The third kappa shape index (κ3) is 4.73. The fourth-order valence-corrected chi connectivity index (χ4v) is 4.15. The van der Waals surface area contributed by atoms with Gasteiger partial charge in [-0.3, -0.25) is 15.5 Å². The first-order valence-corrected chi connectivity index (χ1v) is 10.6. The Balaban J connectivity index is 1.56. The van der Waals surface area contributed by atoms with Crippen molar-refractivity contribution in [2.75, 3.05) is 5.43 Å². The molecule has 2 aromatic heterocycles. The van der Waals surface area contributed by atoms with Gasteiger partial charge in [-0.2, -0.15) is 5.10 Å². The minimum atomic E-state index is -0.422. The molecule has 0 fully saturated rings. The lowest BCUT2D eigenvalue weighted by Gasteiger charge is -2.09. The van der Waals surface area contributed by atoms with E-state index in [1.807, 2.05) is 19.9 Å². The van der Waals surface area contributed by atoms with Crippen LogP contribution in [-0.2, 0) is 0 Å². The maximum Gasteiger partial charge on any atom is 0.283 e. The number of aromatic nitrogens is 3. The van der Waals surface area contributed by atoms with Crippen molar-refractivity contribution in [2.24, 2.45) is 5.10 Å². The number of aryl methyl sites for hydroxylation is 3. The van der Waals surface area contributed by atoms with Crippen molar-refractivity contribution >= 4 is 40.4 Å². The summed E-state index contributed by atoms with van der Waals surface area (Å²) in [6.45, 7) is 6.14. The Bertz CT molecular complexity index is 1340. The maximum atomic E-state index is 11.6. The van der Waals surface area contributed by atoms with Gasteiger partial charge < -0.3 is 0 Å². The first-order valence-electron chi connectivity index (χ1n) is 9.82. The van der Waals surface area contributed by atoms with Crippen molar-refractivity contribution in [1.82, 2.24) is 15.0 Å². The van der Waals surface area contributed by atoms with Gasteiger partial charge in [0, 0.05) is 29.4 Å². The lowest BCUT2D eigenvalue weighted by molar-refractivity contribution is -0.387. The largest absolute Gasteiger partial charge is 0.283 e. The van der Waals surface area contributed by atoms with E-state index in [2.05, 4.69) is 44.5 Å². The summed E-state index contributed by atoms with van der Waals surface area (Å²) in [5.74, 6) is 0.612. The zero-order valence-corrected chi connectivity index (χ0v) is 18.6. The molecule has 4 rings (SSSR count). The van der Waals surface area contributed by atoms with Crippen molar-refractivity contribution < 1.29 is 4.92 Å². The van der Waals surface area contributed by atoms with Crippen LogP contribution in [0.1, 0.15) is 22.3 Å². The number of hydrazone groups is 1. The molecule has 160 valence electrons. The van der Waals surface area contributed by atoms with Gasteiger partial charge in [0.05, 0.1) is 21.6 Å². The molecule has 0 atom stereocenters. The smallest absolute Gasteiger partial charge is 0.261 e. The van der Waals surface area contributed by atoms with Crippen molar-refractivity contribution in [3.63, 3.8) is 0 Å². The summed E-state index contributed by atoms with van der Waals surface area (Å²) in [6.07, 6.45) is 4.72. The Morgan fingerprint density at radius 3 is 2.59 bits per heavy atom. The van der Waals surface area contributed by atoms with Crippen molar-refractivity contribution in [2.45, 2.75) is 30.8 Å². The Morgan fingerprint density at radius 1 is 1.06 bits per heavy atom. The van der Waals surface area contributed by atoms with E-state index in [0.717, 1.165) is 33.8 Å². The van der Waals surface area contributed by atoms with Gasteiger partial charge in [0.2, 0.25) is 0 Å². The Hall–Kier alpha value is -3.85. The second-order valence-corrected chi connectivity index (χ2v) is 8.30. The van der Waals surface area contributed by atoms with E-state index < -0.39 is 4.92 Å². The molecule has 0 aliphatic carbocycles. The molecule has 0 spiro atoms. The SMILES string of the molecule is Cc1cc(C)c2nc(NN=Cc3ccc(Sc4ncccn4)c([N+](=O)[O-])c3)cc(C)c2c1. The summed E-state index contributed by atoms with van der Waals surface area (Å²) >= 11 is 1.14. The predicted octanol–water partition coefficient (Wildman–Crippen LogP) is 5.46. The average Bonchev–Trinajstić information content (AvgIpc) is 2.76. The number of anilines is 1. The minimum Gasteiger partial charge on any atom is -0.261 e. The second kappa shape index (κ2) is 9.11. The third-order valence-electron chi connectivity index (χ3n) is 4.77. The van der Waals surface area contributed by atoms with E-state index in [1.165, 1.54) is 17.8 Å². The molecule has 0 unspecified atom stereocenters. The highest BCUT2D eigenvalue weighted by Gasteiger charge is 2.16. The van der Waals surface area contributed by atoms with Crippen LogP contribution in [0.15, 0.2) is 70.0 Å². The van der Waals surface area contributed by atoms with E-state index in [0.29, 0.717) is 21.4 Å². The lowest BCUT2D eigenvalue weighted by Crippen LogP contribution is -1.98. The Morgan fingerprint density at radius 2 is 1.84 bits per heavy atom. The van der Waals surface area contributed by atoms with Gasteiger partial charge in [0.15, 0.2) is 5.16 Å². The number of benzene rings is 2. The number of nitro groups is 1. The van der Waals surface area contributed by atoms with Crippen molar-refractivity contribution in [3.05, 3.63) is 87.2 Å². The van der Waals surface area contributed by atoms with E-state index in [4.69, 9.17) is 0 Å². The van der Waals surface area contributed by atoms with Gasteiger partial charge in [0.1, 0.15) is 5.82 Å². The normalized spacial score (nSPS) is 11.2. The summed E-state index contributed by atoms with van der Waals surface area (Å²) in [5, 5.41) is 17.3. The topological polar surface area (TPSA) is 106 Å². The van der Waals surface area contributed by atoms with Crippen LogP contribution < -0.4 is 5.43 Å². The molecule has 0 saturated heterocycles. The van der Waals surface area contributed by atoms with Crippen LogP contribution in [0.4, 0.5) is 11.5 Å². The van der Waals surface area contributed by atoms with Crippen LogP contribution in [0.25, 0.3) is 10.9 Å². The van der Waals surface area contributed by atoms with Gasteiger partial charge in [-0.1, -0.05) is 17.7 Å². The highest BCUT2D eigenvalue weighted by atomic mass is 32.2. The van der Waals surface area contributed by atoms with Gasteiger partial charge in [-0.15, -0.1) is 0 Å². The Labute approximate surface area is 189 Å². The molecule has 0 radical (unpaired) electrons. The van der Waals surface area contributed by atoms with E-state index in [9.17, 15) is 10.1 Å². The second-order valence-electron chi connectivity index (χ2n) is 7.29. The first-order chi connectivity index (χ1) is 15.4. The van der Waals surface area contributed by atoms with Gasteiger partial charge in [-0.05, 0) is 67.9 Å². The number of nitro benzene ring substituents is 1. The van der Waals surface area contributed by atoms with Crippen LogP contribution in [0.2, 0.25) is 0 Å². The van der Waals surface area contributed by atoms with Gasteiger partial charge in [-0.25, -0.2) is 15.0 Å². The number of hydrogen-bond acceptors (Lipinski definition) is 8. The molecule has 0 amide bonds. The van der Waals surface area contributed by atoms with Gasteiger partial charge in [0.25, 0.3) is 5.69 Å². The van der Waals surface area contributed by atoms with E-state index in [-0.39, 0.29) is 5.69 Å². The van der Waals surface area contributed by atoms with Gasteiger partial charge >= 0.3 is 0 Å². The zero-order chi connectivity index (χ0) is 22.7. The number of nitrogens with one attached hydrogen (secondary N) is 1. The number of fused-ring (bicyclic) bond motifs is 1. The highest BCUT2D eigenvalue weighted by molar-refractivity contribution is 7.99. The average molecular weight is 445 g/mol. The van der Waals surface area contributed by atoms with Crippen molar-refractivity contribution in [1.29, 1.82) is 0 Å². The highest BCUT2D eigenvalue weighted by Crippen LogP contribution is 2.33. The quantitative estimate of drug-likeness (QED) is 0.182. The predicted molar refractivity (Wildman–Crippen MR) is 126 cm³/mol. The standard InChI is InChI=1S/C23H20N6O2S/c1-14-9-16(3)22-18(10-14)15(2)11-21(27-22)28-26-13-17-5-6-20(19(12-17)29(30)31)32-23-24-7-4-8-25-23/h4-13H,1-3H3,(H,27,28). The fraction of sp³-hybridized carbons (Fsp3) is 0.130. The maximum absolute atomic E-state index is 11.6. The van der Waals surface area contributed by atoms with Crippen LogP contribution in [0, 0.1) is 30.9 Å². The van der Waals surface area contributed by atoms with E-state index >= 15 is 0 Å². The summed E-state index contributed by atoms with van der Waals surface area (Å²) in [5.41, 5.74) is 7.81. The minimum absolute atomic E-state index is 0.0305. The van der Waals surface area contributed by atoms with Crippen LogP contribution >= 0.6 is 11.8 Å². The van der Waals surface area contributed by atoms with Crippen LogP contribution in [-0.4, -0.2) is 26.1 Å². The zero-order valence-electron chi connectivity index (χ0n) is 17.7. The monoisotopic (exact) mass is 444 g/mol. The van der Waals surface area contributed by atoms with Crippen LogP contribution in [0.5, 0.6) is 0 Å². The number of pyridine rings is 1. The van der Waals surface area contributed by atoms with Crippen LogP contribution in [0.3, 0.4) is 0 Å². The molecule has 0 saturated carbocycles. The summed E-state index contributed by atoms with van der Waals surface area (Å²) < 4.78 is 0. The molecule has 2 heterocycles. The molecular formula is C23H20N6O2S. The molecule has 32 heavy (non-hydrogen) atoms. The first kappa shape index (κ1) is 21.4. The fourth-order valence-electron chi connectivity index (χ4n) is 3.35. The third-order valence-corrected chi connectivity index (χ3v) is 5.73. The molecule has 0 aliphatic heterocycles. The molecule has 0 aliphatic rings. The Kier molecular flexibility index (Phi) is 6.09. The summed E-state index contributed by atoms with van der Waals surface area (Å²) in [4.78, 5) is 24.5. The molecule has 4 aromatic rings. The molecular weight excluding hydrogens is 424 g/mol. The number of rotatable bonds is 6. The summed E-state index contributed by atoms with van der Waals surface area (Å²) in [7, 11) is 0. The number of nitrogens with zero attached hydrogens (tertiary/aromatic N) is 5. The van der Waals surface area contributed by atoms with Crippen molar-refractivity contribution in [3.8, 4) is 0 Å². The lowest BCUT2D eigenvalue weighted by atomic mass is 10.0. The molecule has 8 nitrogen and oxygen atoms in total. The summed E-state index contributed by atoms with van der Waals surface area (Å²) in [6, 6.07) is 12.8. The van der Waals surface area contributed by atoms with E-state index in [1.54, 1.807) is 30.6 Å². The molecule has 2 aromatic carbocycles. The molecule has 9 heteroatoms.